The van der Waals surface area contributed by atoms with E-state index < -0.39 is 25.1 Å². The van der Waals surface area contributed by atoms with Gasteiger partial charge in [0.15, 0.2) is 9.84 Å². The normalized spacial score (nSPS) is 22.0. The van der Waals surface area contributed by atoms with E-state index in [0.29, 0.717) is 45.7 Å². The first-order chi connectivity index (χ1) is 13.6. The largest absolute Gasteiger partial charge is 0.378 e. The highest BCUT2D eigenvalue weighted by Crippen LogP contribution is 2.26. The lowest BCUT2D eigenvalue weighted by Gasteiger charge is -2.35. The van der Waals surface area contributed by atoms with Gasteiger partial charge in [0, 0.05) is 26.2 Å². The quantitative estimate of drug-likeness (QED) is 0.675. The third-order valence-electron chi connectivity index (χ3n) is 5.47. The van der Waals surface area contributed by atoms with E-state index in [9.17, 15) is 21.6 Å². The van der Waals surface area contributed by atoms with Crippen LogP contribution in [0, 0.1) is 5.92 Å². The summed E-state index contributed by atoms with van der Waals surface area (Å²) in [7, 11) is -7.26. The second-order valence-corrected chi connectivity index (χ2v) is 12.1. The Bertz CT molecular complexity index is 935. The van der Waals surface area contributed by atoms with Crippen LogP contribution in [0.1, 0.15) is 26.7 Å². The topological polar surface area (TPSA) is 101 Å². The number of sulfonamides is 1. The molecule has 10 heteroatoms. The van der Waals surface area contributed by atoms with Crippen molar-refractivity contribution in [3.63, 3.8) is 0 Å². The van der Waals surface area contributed by atoms with Gasteiger partial charge in [0.2, 0.25) is 15.9 Å². The number of ether oxygens (including phenoxy) is 1. The smallest absolute Gasteiger partial charge is 0.243 e. The molecule has 2 fully saturated rings. The Morgan fingerprint density at radius 3 is 2.17 bits per heavy atom. The van der Waals surface area contributed by atoms with Crippen LogP contribution >= 0.6 is 0 Å². The minimum Gasteiger partial charge on any atom is -0.378 e. The van der Waals surface area contributed by atoms with Gasteiger partial charge in [-0.25, -0.2) is 16.8 Å². The Kier molecular flexibility index (Phi) is 6.67. The number of carbonyl (C=O) groups excluding carboxylic acids is 1. The molecular weight excluding hydrogens is 416 g/mol. The minimum atomic E-state index is -3.80. The van der Waals surface area contributed by atoms with Crippen molar-refractivity contribution < 1.29 is 26.4 Å². The molecule has 8 nitrogen and oxygen atoms in total. The predicted octanol–water partition coefficient (Wildman–Crippen LogP) is 1.13. The first kappa shape index (κ1) is 22.2. The zero-order valence-electron chi connectivity index (χ0n) is 16.8. The fourth-order valence-corrected chi connectivity index (χ4v) is 6.21. The molecule has 2 saturated heterocycles. The van der Waals surface area contributed by atoms with Gasteiger partial charge >= 0.3 is 0 Å². The monoisotopic (exact) mass is 444 g/mol. The van der Waals surface area contributed by atoms with Crippen molar-refractivity contribution in [3.8, 4) is 0 Å². The van der Waals surface area contributed by atoms with Crippen molar-refractivity contribution in [1.82, 2.24) is 9.21 Å². The number of amides is 1. The molecule has 1 aromatic rings. The number of benzene rings is 1. The summed E-state index contributed by atoms with van der Waals surface area (Å²) in [6.45, 7) is 5.74. The zero-order valence-corrected chi connectivity index (χ0v) is 18.4. The van der Waals surface area contributed by atoms with E-state index in [1.165, 1.54) is 28.6 Å². The fraction of sp³-hybridized carbons (Fsp3) is 0.632. The highest BCUT2D eigenvalue weighted by molar-refractivity contribution is 7.92. The maximum Gasteiger partial charge on any atom is 0.243 e. The van der Waals surface area contributed by atoms with E-state index in [1.54, 1.807) is 18.7 Å². The number of hydrogen-bond donors (Lipinski definition) is 0. The third-order valence-corrected chi connectivity index (χ3v) is 9.52. The molecule has 0 bridgehead atoms. The highest BCUT2D eigenvalue weighted by atomic mass is 32.2. The van der Waals surface area contributed by atoms with Crippen molar-refractivity contribution in [2.75, 3.05) is 39.4 Å². The van der Waals surface area contributed by atoms with Gasteiger partial charge in [-0.05, 0) is 51.0 Å². The van der Waals surface area contributed by atoms with Gasteiger partial charge in [-0.2, -0.15) is 4.31 Å². The van der Waals surface area contributed by atoms with Crippen LogP contribution in [0.3, 0.4) is 0 Å². The summed E-state index contributed by atoms with van der Waals surface area (Å²) in [6, 6.07) is 5.33. The van der Waals surface area contributed by atoms with Gasteiger partial charge in [0.1, 0.15) is 0 Å². The lowest BCUT2D eigenvalue weighted by atomic mass is 9.98. The van der Waals surface area contributed by atoms with Gasteiger partial charge in [0.05, 0.1) is 34.2 Å². The minimum absolute atomic E-state index is 0.0217. The summed E-state index contributed by atoms with van der Waals surface area (Å²) in [6.07, 6.45) is 1.27. The van der Waals surface area contributed by atoms with Gasteiger partial charge in [-0.1, -0.05) is 0 Å². The van der Waals surface area contributed by atoms with Gasteiger partial charge in [-0.15, -0.1) is 0 Å². The van der Waals surface area contributed by atoms with Crippen LogP contribution in [-0.4, -0.2) is 76.6 Å². The summed E-state index contributed by atoms with van der Waals surface area (Å²) >= 11 is 0. The second-order valence-electron chi connectivity index (χ2n) is 7.71. The summed E-state index contributed by atoms with van der Waals surface area (Å²) in [4.78, 5) is 14.7. The molecule has 0 unspecified atom stereocenters. The van der Waals surface area contributed by atoms with Crippen LogP contribution in [0.25, 0.3) is 0 Å². The van der Waals surface area contributed by atoms with E-state index in [-0.39, 0.29) is 28.2 Å². The molecule has 0 spiro atoms. The Balaban J connectivity index is 1.75. The van der Waals surface area contributed by atoms with Crippen molar-refractivity contribution in [3.05, 3.63) is 24.3 Å². The predicted molar refractivity (Wildman–Crippen MR) is 108 cm³/mol. The van der Waals surface area contributed by atoms with E-state index in [2.05, 4.69) is 0 Å². The highest BCUT2D eigenvalue weighted by Gasteiger charge is 2.35. The van der Waals surface area contributed by atoms with Crippen LogP contribution in [0.2, 0.25) is 0 Å². The lowest BCUT2D eigenvalue weighted by molar-refractivity contribution is -0.140. The van der Waals surface area contributed by atoms with Crippen molar-refractivity contribution >= 4 is 25.8 Å². The average molecular weight is 445 g/mol. The molecule has 2 heterocycles. The Morgan fingerprint density at radius 2 is 1.59 bits per heavy atom. The van der Waals surface area contributed by atoms with Crippen LogP contribution in [0.5, 0.6) is 0 Å². The van der Waals surface area contributed by atoms with Crippen LogP contribution in [0.4, 0.5) is 0 Å². The molecule has 0 saturated carbocycles. The van der Waals surface area contributed by atoms with E-state index in [1.807, 2.05) is 0 Å². The van der Waals surface area contributed by atoms with E-state index in [0.717, 1.165) is 0 Å². The number of nitrogens with zero attached hydrogens (tertiary/aromatic N) is 2. The number of sulfone groups is 1. The molecule has 0 radical (unpaired) electrons. The zero-order chi connectivity index (χ0) is 21.2. The van der Waals surface area contributed by atoms with Gasteiger partial charge in [-0.3, -0.25) is 4.79 Å². The van der Waals surface area contributed by atoms with E-state index in [4.69, 9.17) is 4.74 Å². The van der Waals surface area contributed by atoms with Crippen molar-refractivity contribution in [2.45, 2.75) is 41.7 Å². The Morgan fingerprint density at radius 1 is 1.00 bits per heavy atom. The molecule has 0 aliphatic carbocycles. The molecule has 2 aliphatic rings. The van der Waals surface area contributed by atoms with Crippen LogP contribution in [0.15, 0.2) is 34.1 Å². The maximum absolute atomic E-state index is 13.1. The molecule has 1 aromatic carbocycles. The molecule has 2 aliphatic heterocycles. The van der Waals surface area contributed by atoms with Crippen LogP contribution < -0.4 is 0 Å². The summed E-state index contributed by atoms with van der Waals surface area (Å²) in [5.41, 5.74) is 0. The standard InChI is InChI=1S/C19H28N2O6S2/c1-15(2)28(23,24)17-5-7-18(8-6-17)29(25,26)21-9-3-4-16(14-21)19(22)20-10-12-27-13-11-20/h5-8,15-16H,3-4,9-14H2,1-2H3/t16-/m1/s1. The average Bonchev–Trinajstić information content (AvgIpc) is 2.74. The summed E-state index contributed by atoms with van der Waals surface area (Å²) in [5, 5.41) is -0.584. The first-order valence-electron chi connectivity index (χ1n) is 9.84. The molecule has 0 N–H and O–H groups in total. The third kappa shape index (κ3) is 4.65. The Hall–Kier alpha value is -1.49. The Labute approximate surface area is 172 Å². The maximum atomic E-state index is 13.1. The summed E-state index contributed by atoms with van der Waals surface area (Å²) < 4.78 is 57.2. The van der Waals surface area contributed by atoms with E-state index >= 15 is 0 Å². The number of rotatable bonds is 5. The molecule has 29 heavy (non-hydrogen) atoms. The molecular formula is C19H28N2O6S2. The SMILES string of the molecule is CC(C)S(=O)(=O)c1ccc(S(=O)(=O)N2CCC[C@@H](C(=O)N3CCOCC3)C2)cc1. The lowest BCUT2D eigenvalue weighted by Crippen LogP contribution is -2.49. The molecule has 3 rings (SSSR count). The van der Waals surface area contributed by atoms with Crippen molar-refractivity contribution in [1.29, 1.82) is 0 Å². The number of morpholine rings is 1. The van der Waals surface area contributed by atoms with Crippen molar-refractivity contribution in [2.24, 2.45) is 5.92 Å². The number of carbonyl (C=O) groups is 1. The molecule has 162 valence electrons. The van der Waals surface area contributed by atoms with Crippen LogP contribution in [-0.2, 0) is 29.4 Å². The van der Waals surface area contributed by atoms with Gasteiger partial charge in [0.25, 0.3) is 0 Å². The van der Waals surface area contributed by atoms with Gasteiger partial charge < -0.3 is 9.64 Å². The molecule has 1 atom stereocenters. The fourth-order valence-electron chi connectivity index (χ4n) is 3.63. The second kappa shape index (κ2) is 8.71. The first-order valence-corrected chi connectivity index (χ1v) is 12.8. The molecule has 1 amide bonds. The number of hydrogen-bond acceptors (Lipinski definition) is 6. The molecule has 0 aromatic heterocycles. The number of piperidine rings is 1. The summed E-state index contributed by atoms with van der Waals surface area (Å²) in [5.74, 6) is -0.385.